The summed E-state index contributed by atoms with van der Waals surface area (Å²) < 4.78 is 9.35. The lowest BCUT2D eigenvalue weighted by atomic mass is 9.93. The molecule has 0 saturated heterocycles. The lowest BCUT2D eigenvalue weighted by Crippen LogP contribution is -2.10. The Kier molecular flexibility index (Phi) is 8.53. The predicted octanol–water partition coefficient (Wildman–Crippen LogP) is 17.5. The van der Waals surface area contributed by atoms with Crippen LogP contribution in [0.2, 0.25) is 0 Å². The molecule has 13 rings (SSSR count). The van der Waals surface area contributed by atoms with Crippen LogP contribution in [0.5, 0.6) is 0 Å². The smallest absolute Gasteiger partial charge is 0.143 e. The van der Waals surface area contributed by atoms with Crippen LogP contribution in [-0.4, -0.2) is 4.57 Å². The summed E-state index contributed by atoms with van der Waals surface area (Å²) in [4.78, 5) is 2.42. The van der Waals surface area contributed by atoms with Crippen LogP contribution in [0.4, 0.5) is 17.1 Å². The van der Waals surface area contributed by atoms with Crippen molar-refractivity contribution in [3.8, 4) is 39.1 Å². The number of hydrogen-bond acceptors (Lipinski definition) is 2. The number of benzene rings is 11. The number of aromatic nitrogens is 1. The molecule has 0 atom stereocenters. The van der Waals surface area contributed by atoms with Gasteiger partial charge in [0.25, 0.3) is 0 Å². The largest absolute Gasteiger partial charge is 0.455 e. The molecule has 0 radical (unpaired) electrons. The van der Waals surface area contributed by atoms with Gasteiger partial charge >= 0.3 is 0 Å². The molecule has 2 heterocycles. The first-order chi connectivity index (χ1) is 32.2. The van der Waals surface area contributed by atoms with E-state index in [2.05, 4.69) is 252 Å². The summed E-state index contributed by atoms with van der Waals surface area (Å²) in [7, 11) is 0. The lowest BCUT2D eigenvalue weighted by molar-refractivity contribution is 0.670. The van der Waals surface area contributed by atoms with Gasteiger partial charge in [0.15, 0.2) is 0 Å². The maximum atomic E-state index is 6.93. The number of para-hydroxylation sites is 4. The molecule has 0 aliphatic rings. The van der Waals surface area contributed by atoms with E-state index in [1.54, 1.807) is 0 Å². The molecule has 0 spiro atoms. The summed E-state index contributed by atoms with van der Waals surface area (Å²) in [5.74, 6) is 0. The Bertz CT molecular complexity index is 3920. The number of anilines is 3. The molecular weight excluding hydrogens is 789 g/mol. The van der Waals surface area contributed by atoms with Crippen molar-refractivity contribution in [2.75, 3.05) is 4.90 Å². The molecule has 3 heteroatoms. The van der Waals surface area contributed by atoms with E-state index >= 15 is 0 Å². The fraction of sp³-hybridized carbons (Fsp3) is 0. The molecule has 2 aromatic heterocycles. The SMILES string of the molecule is c1ccc(-c2cccc(N(c3cccc(-c4cc5ccccc5c5ccccc45)c3)c3cc(-c4ccccc4-n4c5ccccc5c5ccccc54)c4oc5ccccc5c4c3)c2)cc1. The molecule has 0 N–H and O–H groups in total. The zero-order valence-corrected chi connectivity index (χ0v) is 35.4. The summed E-state index contributed by atoms with van der Waals surface area (Å²) in [6.07, 6.45) is 0. The van der Waals surface area contributed by atoms with Crippen molar-refractivity contribution in [3.63, 3.8) is 0 Å². The Morgan fingerprint density at radius 1 is 0.308 bits per heavy atom. The van der Waals surface area contributed by atoms with E-state index in [1.807, 2.05) is 0 Å². The molecule has 0 bridgehead atoms. The topological polar surface area (TPSA) is 21.3 Å². The fourth-order valence-corrected chi connectivity index (χ4v) is 10.2. The minimum absolute atomic E-state index is 0.859. The van der Waals surface area contributed by atoms with E-state index in [0.29, 0.717) is 0 Å². The van der Waals surface area contributed by atoms with E-state index in [1.165, 1.54) is 43.4 Å². The molecule has 0 amide bonds. The van der Waals surface area contributed by atoms with E-state index in [0.717, 1.165) is 78.0 Å². The highest BCUT2D eigenvalue weighted by Crippen LogP contribution is 2.47. The van der Waals surface area contributed by atoms with Crippen LogP contribution in [0.3, 0.4) is 0 Å². The van der Waals surface area contributed by atoms with Crippen LogP contribution < -0.4 is 4.90 Å². The molecule has 3 nitrogen and oxygen atoms in total. The average molecular weight is 829 g/mol. The van der Waals surface area contributed by atoms with Crippen molar-refractivity contribution in [1.82, 2.24) is 4.57 Å². The summed E-state index contributed by atoms with van der Waals surface area (Å²) in [6.45, 7) is 0. The molecule has 11 aromatic carbocycles. The van der Waals surface area contributed by atoms with Crippen molar-refractivity contribution < 1.29 is 4.42 Å². The maximum Gasteiger partial charge on any atom is 0.143 e. The summed E-state index contributed by atoms with van der Waals surface area (Å²) in [5.41, 5.74) is 15.1. The summed E-state index contributed by atoms with van der Waals surface area (Å²) in [5, 5.41) is 9.56. The van der Waals surface area contributed by atoms with Crippen molar-refractivity contribution in [2.45, 2.75) is 0 Å². The Balaban J connectivity index is 1.09. The van der Waals surface area contributed by atoms with Crippen molar-refractivity contribution in [3.05, 3.63) is 243 Å². The molecule has 13 aromatic rings. The van der Waals surface area contributed by atoms with Crippen LogP contribution in [0.1, 0.15) is 0 Å². The normalized spacial score (nSPS) is 11.7. The Morgan fingerprint density at radius 3 is 1.65 bits per heavy atom. The van der Waals surface area contributed by atoms with Gasteiger partial charge in [-0.1, -0.05) is 176 Å². The van der Waals surface area contributed by atoms with Gasteiger partial charge in [0, 0.05) is 49.7 Å². The van der Waals surface area contributed by atoms with E-state index < -0.39 is 0 Å². The highest BCUT2D eigenvalue weighted by atomic mass is 16.3. The van der Waals surface area contributed by atoms with E-state index in [9.17, 15) is 0 Å². The van der Waals surface area contributed by atoms with Gasteiger partial charge in [-0.25, -0.2) is 0 Å². The van der Waals surface area contributed by atoms with Gasteiger partial charge in [-0.15, -0.1) is 0 Å². The van der Waals surface area contributed by atoms with E-state index in [4.69, 9.17) is 4.42 Å². The first-order valence-corrected chi connectivity index (χ1v) is 22.2. The molecule has 0 aliphatic heterocycles. The van der Waals surface area contributed by atoms with Crippen LogP contribution >= 0.6 is 0 Å². The van der Waals surface area contributed by atoms with Gasteiger partial charge in [0.1, 0.15) is 11.2 Å². The zero-order valence-electron chi connectivity index (χ0n) is 35.4. The van der Waals surface area contributed by atoms with Gasteiger partial charge in [-0.2, -0.15) is 0 Å². The van der Waals surface area contributed by atoms with Crippen LogP contribution in [0, 0.1) is 0 Å². The number of hydrogen-bond donors (Lipinski definition) is 0. The number of rotatable bonds is 7. The monoisotopic (exact) mass is 828 g/mol. The third-order valence-corrected chi connectivity index (χ3v) is 13.1. The molecule has 0 fully saturated rings. The molecule has 304 valence electrons. The summed E-state index contributed by atoms with van der Waals surface area (Å²) in [6, 6.07) is 87.8. The second-order valence-corrected chi connectivity index (χ2v) is 16.8. The van der Waals surface area contributed by atoms with Gasteiger partial charge in [-0.05, 0) is 111 Å². The van der Waals surface area contributed by atoms with Gasteiger partial charge in [0.2, 0.25) is 0 Å². The van der Waals surface area contributed by atoms with Gasteiger partial charge < -0.3 is 13.9 Å². The minimum atomic E-state index is 0.859. The second-order valence-electron chi connectivity index (χ2n) is 16.8. The van der Waals surface area contributed by atoms with Crippen LogP contribution in [0.15, 0.2) is 247 Å². The average Bonchev–Trinajstić information content (AvgIpc) is 3.92. The van der Waals surface area contributed by atoms with E-state index in [-0.39, 0.29) is 0 Å². The van der Waals surface area contributed by atoms with Crippen molar-refractivity contribution in [2.24, 2.45) is 0 Å². The standard InChI is InChI=1S/C62H40N2O/c1-2-18-41(19-3-1)42-21-16-23-45(36-42)63(46-24-17-22-43(37-46)55-38-44-20-4-5-25-48(44)49-26-6-7-27-50(49)55)47-39-56(62-57(40-47)54-31-11-15-35-61(54)65-62)53-30-10-14-34-60(53)64-58-32-12-8-28-51(58)52-29-9-13-33-59(52)64/h1-40H. The van der Waals surface area contributed by atoms with Crippen LogP contribution in [0.25, 0.3) is 104 Å². The quantitative estimate of drug-likeness (QED) is 0.149. The molecule has 0 saturated carbocycles. The van der Waals surface area contributed by atoms with Crippen molar-refractivity contribution in [1.29, 1.82) is 0 Å². The highest BCUT2D eigenvalue weighted by Gasteiger charge is 2.23. The number of furan rings is 1. The van der Waals surface area contributed by atoms with Gasteiger partial charge in [0.05, 0.1) is 16.7 Å². The highest BCUT2D eigenvalue weighted by molar-refractivity contribution is 6.15. The molecule has 0 aliphatic carbocycles. The second kappa shape index (κ2) is 15.0. The maximum absolute atomic E-state index is 6.93. The van der Waals surface area contributed by atoms with Crippen LogP contribution in [-0.2, 0) is 0 Å². The molecular formula is C62H40N2O. The Hall–Kier alpha value is -8.66. The first-order valence-electron chi connectivity index (χ1n) is 22.2. The predicted molar refractivity (Wildman–Crippen MR) is 274 cm³/mol. The van der Waals surface area contributed by atoms with Gasteiger partial charge in [-0.3, -0.25) is 0 Å². The summed E-state index contributed by atoms with van der Waals surface area (Å²) >= 11 is 0. The molecule has 65 heavy (non-hydrogen) atoms. The molecule has 0 unspecified atom stereocenters. The zero-order chi connectivity index (χ0) is 42.8. The minimum Gasteiger partial charge on any atom is -0.455 e. The third kappa shape index (κ3) is 6.05. The Morgan fingerprint density at radius 2 is 0.877 bits per heavy atom. The first kappa shape index (κ1) is 36.9. The lowest BCUT2D eigenvalue weighted by Gasteiger charge is -2.27. The Labute approximate surface area is 376 Å². The van der Waals surface area contributed by atoms with Crippen molar-refractivity contribution >= 4 is 82.4 Å². The fourth-order valence-electron chi connectivity index (χ4n) is 10.2. The number of fused-ring (bicyclic) bond motifs is 9. The number of nitrogens with zero attached hydrogens (tertiary/aromatic N) is 2. The third-order valence-electron chi connectivity index (χ3n) is 13.1.